The lowest BCUT2D eigenvalue weighted by molar-refractivity contribution is 0.180. The van der Waals surface area contributed by atoms with Crippen LogP contribution >= 0.6 is 15.9 Å². The number of nitrogens with zero attached hydrogens (tertiary/aromatic N) is 3. The van der Waals surface area contributed by atoms with E-state index in [-0.39, 0.29) is 5.75 Å². The quantitative estimate of drug-likeness (QED) is 0.799. The standard InChI is InChI=1S/C19H24BrN3O3/c1-13-11-23(18-7-5-15(20)19(21-18)26-3)9-8-22(13)12-14-4-6-16(24)17(10-14)25-2/h4-7,10,13,24H,8-9,11-12H2,1-3H3. The van der Waals surface area contributed by atoms with Crippen LogP contribution in [0.5, 0.6) is 17.4 Å². The van der Waals surface area contributed by atoms with Crippen molar-refractivity contribution in [2.45, 2.75) is 19.5 Å². The van der Waals surface area contributed by atoms with Gasteiger partial charge in [-0.25, -0.2) is 0 Å². The Morgan fingerprint density at radius 2 is 2.00 bits per heavy atom. The number of aromatic nitrogens is 1. The summed E-state index contributed by atoms with van der Waals surface area (Å²) in [5.74, 6) is 2.22. The maximum absolute atomic E-state index is 9.75. The summed E-state index contributed by atoms with van der Waals surface area (Å²) in [7, 11) is 3.20. The Bertz CT molecular complexity index is 772. The molecule has 2 aromatic rings. The lowest BCUT2D eigenvalue weighted by atomic mass is 10.1. The van der Waals surface area contributed by atoms with E-state index in [0.29, 0.717) is 17.7 Å². The van der Waals surface area contributed by atoms with Crippen LogP contribution in [0, 0.1) is 0 Å². The number of hydrogen-bond donors (Lipinski definition) is 1. The van der Waals surface area contributed by atoms with E-state index in [9.17, 15) is 5.11 Å². The molecule has 0 spiro atoms. The number of piperazine rings is 1. The molecule has 1 aliphatic rings. The first-order valence-corrected chi connectivity index (χ1v) is 9.36. The molecule has 1 aromatic heterocycles. The number of rotatable bonds is 5. The molecule has 3 rings (SSSR count). The number of phenols is 1. The first-order valence-electron chi connectivity index (χ1n) is 8.57. The van der Waals surface area contributed by atoms with Crippen molar-refractivity contribution in [3.05, 3.63) is 40.4 Å². The van der Waals surface area contributed by atoms with Gasteiger partial charge in [-0.05, 0) is 52.7 Å². The second kappa shape index (κ2) is 8.14. The third-order valence-corrected chi connectivity index (χ3v) is 5.31. The largest absolute Gasteiger partial charge is 0.504 e. The van der Waals surface area contributed by atoms with Crippen LogP contribution in [-0.4, -0.2) is 54.9 Å². The Labute approximate surface area is 162 Å². The number of benzene rings is 1. The molecule has 0 aliphatic carbocycles. The summed E-state index contributed by atoms with van der Waals surface area (Å²) in [4.78, 5) is 9.30. The molecule has 0 saturated carbocycles. The van der Waals surface area contributed by atoms with Gasteiger partial charge in [0.15, 0.2) is 11.5 Å². The van der Waals surface area contributed by atoms with Gasteiger partial charge in [0, 0.05) is 32.2 Å². The highest BCUT2D eigenvalue weighted by Gasteiger charge is 2.25. The first kappa shape index (κ1) is 18.8. The van der Waals surface area contributed by atoms with Crippen molar-refractivity contribution < 1.29 is 14.6 Å². The Morgan fingerprint density at radius 1 is 1.19 bits per heavy atom. The normalized spacial score (nSPS) is 18.0. The highest BCUT2D eigenvalue weighted by Crippen LogP contribution is 2.29. The SMILES string of the molecule is COc1cc(CN2CCN(c3ccc(Br)c(OC)n3)CC2C)ccc1O. The number of halogens is 1. The van der Waals surface area contributed by atoms with Crippen LogP contribution in [0.15, 0.2) is 34.8 Å². The van der Waals surface area contributed by atoms with E-state index in [1.54, 1.807) is 20.3 Å². The topological polar surface area (TPSA) is 58.1 Å². The summed E-state index contributed by atoms with van der Waals surface area (Å²) in [6, 6.07) is 9.89. The summed E-state index contributed by atoms with van der Waals surface area (Å²) in [5.41, 5.74) is 1.13. The Kier molecular flexibility index (Phi) is 5.88. The van der Waals surface area contributed by atoms with Crippen LogP contribution in [0.3, 0.4) is 0 Å². The predicted molar refractivity (Wildman–Crippen MR) is 105 cm³/mol. The molecular formula is C19H24BrN3O3. The number of aromatic hydroxyl groups is 1. The molecule has 7 heteroatoms. The van der Waals surface area contributed by atoms with Gasteiger partial charge in [-0.3, -0.25) is 4.90 Å². The van der Waals surface area contributed by atoms with E-state index in [2.05, 4.69) is 37.6 Å². The molecule has 1 unspecified atom stereocenters. The monoisotopic (exact) mass is 421 g/mol. The van der Waals surface area contributed by atoms with Gasteiger partial charge in [0.1, 0.15) is 5.82 Å². The van der Waals surface area contributed by atoms with Crippen molar-refractivity contribution in [1.29, 1.82) is 0 Å². The smallest absolute Gasteiger partial charge is 0.229 e. The predicted octanol–water partition coefficient (Wildman–Crippen LogP) is 3.28. The highest BCUT2D eigenvalue weighted by atomic mass is 79.9. The van der Waals surface area contributed by atoms with E-state index in [0.717, 1.165) is 42.0 Å². The van der Waals surface area contributed by atoms with Gasteiger partial charge in [0.25, 0.3) is 0 Å². The van der Waals surface area contributed by atoms with Gasteiger partial charge in [-0.1, -0.05) is 6.07 Å². The average Bonchev–Trinajstić information content (AvgIpc) is 2.65. The fraction of sp³-hybridized carbons (Fsp3) is 0.421. The highest BCUT2D eigenvalue weighted by molar-refractivity contribution is 9.10. The van der Waals surface area contributed by atoms with Crippen LogP contribution in [0.1, 0.15) is 12.5 Å². The summed E-state index contributed by atoms with van der Waals surface area (Å²) in [5, 5.41) is 9.75. The molecular weight excluding hydrogens is 398 g/mol. The number of hydrogen-bond acceptors (Lipinski definition) is 6. The van der Waals surface area contributed by atoms with Crippen molar-refractivity contribution in [3.63, 3.8) is 0 Å². The van der Waals surface area contributed by atoms with Gasteiger partial charge in [0.05, 0.1) is 18.7 Å². The molecule has 1 N–H and O–H groups in total. The lowest BCUT2D eigenvalue weighted by Gasteiger charge is -2.40. The molecule has 6 nitrogen and oxygen atoms in total. The van der Waals surface area contributed by atoms with E-state index >= 15 is 0 Å². The van der Waals surface area contributed by atoms with E-state index in [1.807, 2.05) is 24.3 Å². The second-order valence-corrected chi connectivity index (χ2v) is 7.29. The minimum absolute atomic E-state index is 0.171. The maximum atomic E-state index is 9.75. The zero-order chi connectivity index (χ0) is 18.7. The minimum Gasteiger partial charge on any atom is -0.504 e. The number of ether oxygens (including phenoxy) is 2. The van der Waals surface area contributed by atoms with E-state index in [4.69, 9.17) is 9.47 Å². The van der Waals surface area contributed by atoms with Crippen molar-refractivity contribution in [2.75, 3.05) is 38.8 Å². The van der Waals surface area contributed by atoms with Gasteiger partial charge < -0.3 is 19.5 Å². The van der Waals surface area contributed by atoms with Crippen LogP contribution in [0.2, 0.25) is 0 Å². The van der Waals surface area contributed by atoms with Gasteiger partial charge in [-0.2, -0.15) is 4.98 Å². The molecule has 140 valence electrons. The van der Waals surface area contributed by atoms with Crippen LogP contribution in [0.25, 0.3) is 0 Å². The molecule has 2 heterocycles. The van der Waals surface area contributed by atoms with Crippen LogP contribution < -0.4 is 14.4 Å². The Balaban J connectivity index is 1.67. The number of phenolic OH excluding ortho intramolecular Hbond substituents is 1. The molecule has 0 radical (unpaired) electrons. The molecule has 0 bridgehead atoms. The summed E-state index contributed by atoms with van der Waals surface area (Å²) >= 11 is 3.45. The third kappa shape index (κ3) is 4.04. The molecule has 1 saturated heterocycles. The van der Waals surface area contributed by atoms with E-state index in [1.165, 1.54) is 0 Å². The van der Waals surface area contributed by atoms with Gasteiger partial charge in [-0.15, -0.1) is 0 Å². The van der Waals surface area contributed by atoms with Crippen molar-refractivity contribution in [2.24, 2.45) is 0 Å². The fourth-order valence-corrected chi connectivity index (χ4v) is 3.61. The van der Waals surface area contributed by atoms with Gasteiger partial charge in [0.2, 0.25) is 5.88 Å². The number of pyridine rings is 1. The average molecular weight is 422 g/mol. The molecule has 1 fully saturated rings. The van der Waals surface area contributed by atoms with Crippen molar-refractivity contribution in [1.82, 2.24) is 9.88 Å². The van der Waals surface area contributed by atoms with Gasteiger partial charge >= 0.3 is 0 Å². The Morgan fingerprint density at radius 3 is 2.69 bits per heavy atom. The molecule has 0 amide bonds. The summed E-state index contributed by atoms with van der Waals surface area (Å²) in [6.07, 6.45) is 0. The lowest BCUT2D eigenvalue weighted by Crippen LogP contribution is -2.51. The molecule has 1 aromatic carbocycles. The minimum atomic E-state index is 0.171. The zero-order valence-electron chi connectivity index (χ0n) is 15.3. The zero-order valence-corrected chi connectivity index (χ0v) is 16.9. The Hall–Kier alpha value is -1.99. The third-order valence-electron chi connectivity index (χ3n) is 4.71. The van der Waals surface area contributed by atoms with Crippen molar-refractivity contribution in [3.8, 4) is 17.4 Å². The van der Waals surface area contributed by atoms with Crippen molar-refractivity contribution >= 4 is 21.7 Å². The summed E-state index contributed by atoms with van der Waals surface area (Å²) in [6.45, 7) is 5.78. The second-order valence-electron chi connectivity index (χ2n) is 6.43. The van der Waals surface area contributed by atoms with Crippen LogP contribution in [-0.2, 0) is 6.54 Å². The molecule has 1 atom stereocenters. The van der Waals surface area contributed by atoms with Crippen LogP contribution in [0.4, 0.5) is 5.82 Å². The molecule has 1 aliphatic heterocycles. The first-order chi connectivity index (χ1) is 12.5. The summed E-state index contributed by atoms with van der Waals surface area (Å²) < 4.78 is 11.4. The fourth-order valence-electron chi connectivity index (χ4n) is 3.23. The molecule has 26 heavy (non-hydrogen) atoms. The maximum Gasteiger partial charge on any atom is 0.229 e. The van der Waals surface area contributed by atoms with E-state index < -0.39 is 0 Å². The number of methoxy groups -OCH3 is 2. The number of anilines is 1.